The Morgan fingerprint density at radius 3 is 2.62 bits per heavy atom. The molecule has 0 fully saturated rings. The van der Waals surface area contributed by atoms with Gasteiger partial charge in [-0.3, -0.25) is 4.52 Å². The van der Waals surface area contributed by atoms with E-state index in [4.69, 9.17) is 14.5 Å². The topological polar surface area (TPSA) is 88.0 Å². The summed E-state index contributed by atoms with van der Waals surface area (Å²) in [4.78, 5) is 16.7. The van der Waals surface area contributed by atoms with Crippen LogP contribution in [0.1, 0.15) is 6.92 Å². The second kappa shape index (κ2) is 6.48. The number of phosphoric acid groups is 1. The summed E-state index contributed by atoms with van der Waals surface area (Å²) in [6.45, 7) is 2.93. The fraction of sp³-hybridized carbons (Fsp3) is 1.00. The molecule has 0 radical (unpaired) electrons. The molecule has 7 heteroatoms. The summed E-state index contributed by atoms with van der Waals surface area (Å²) in [5.74, 6) is 0. The number of hydrogen-bond acceptors (Lipinski definition) is 4. The van der Waals surface area contributed by atoms with Gasteiger partial charge in [0.25, 0.3) is 0 Å². The number of phosphoric ester groups is 1. The predicted molar refractivity (Wildman–Crippen MR) is 47.3 cm³/mol. The molecule has 0 saturated carbocycles. The molecule has 80 valence electrons. The van der Waals surface area contributed by atoms with Crippen molar-refractivity contribution in [3.05, 3.63) is 0 Å². The highest BCUT2D eigenvalue weighted by atomic mass is 31.2. The van der Waals surface area contributed by atoms with Crippen LogP contribution in [0.2, 0.25) is 0 Å². The lowest BCUT2D eigenvalue weighted by atomic mass is 10.4. The molecule has 0 saturated heterocycles. The number of methoxy groups -OCH3 is 1. The summed E-state index contributed by atoms with van der Waals surface area (Å²) in [7, 11) is -2.75. The first-order valence-corrected chi connectivity index (χ1v) is 5.41. The van der Waals surface area contributed by atoms with Crippen LogP contribution in [-0.4, -0.2) is 42.7 Å². The van der Waals surface area contributed by atoms with E-state index in [9.17, 15) is 4.57 Å². The molecule has 1 atom stereocenters. The molecule has 0 aliphatic heterocycles. The van der Waals surface area contributed by atoms with Gasteiger partial charge in [-0.25, -0.2) is 4.57 Å². The van der Waals surface area contributed by atoms with Gasteiger partial charge in [-0.05, 0) is 6.92 Å². The second-order valence-corrected chi connectivity index (χ2v) is 3.87. The van der Waals surface area contributed by atoms with Crippen LogP contribution in [0, 0.1) is 0 Å². The highest BCUT2D eigenvalue weighted by Gasteiger charge is 2.15. The average Bonchev–Trinajstić information content (AvgIpc) is 2.00. The molecule has 0 amide bonds. The largest absolute Gasteiger partial charge is 0.469 e. The van der Waals surface area contributed by atoms with Crippen molar-refractivity contribution in [3.8, 4) is 0 Å². The number of ether oxygens (including phenoxy) is 1. The Morgan fingerprint density at radius 2 is 2.15 bits per heavy atom. The Labute approximate surface area is 77.5 Å². The molecule has 0 heterocycles. The number of hydrogen-bond donors (Lipinski definition) is 3. The van der Waals surface area contributed by atoms with Crippen molar-refractivity contribution in [2.24, 2.45) is 0 Å². The standard InChI is InChI=1S/C6H16NO5P/c1-6(7-3-4-11-2)5-12-13(8,9)10/h6-7H,3-5H2,1-2H3,(H2,8,9,10)/t6-/m0/s1. The van der Waals surface area contributed by atoms with Gasteiger partial charge in [0.15, 0.2) is 0 Å². The first kappa shape index (κ1) is 13.0. The van der Waals surface area contributed by atoms with E-state index in [0.717, 1.165) is 0 Å². The molecule has 0 aromatic heterocycles. The smallest absolute Gasteiger partial charge is 0.383 e. The van der Waals surface area contributed by atoms with E-state index in [-0.39, 0.29) is 12.6 Å². The lowest BCUT2D eigenvalue weighted by Gasteiger charge is -2.13. The van der Waals surface area contributed by atoms with Crippen LogP contribution >= 0.6 is 7.82 Å². The van der Waals surface area contributed by atoms with Crippen LogP contribution in [0.4, 0.5) is 0 Å². The molecule has 0 spiro atoms. The van der Waals surface area contributed by atoms with Crippen molar-refractivity contribution in [1.29, 1.82) is 0 Å². The van der Waals surface area contributed by atoms with Crippen molar-refractivity contribution in [2.75, 3.05) is 26.9 Å². The van der Waals surface area contributed by atoms with Crippen molar-refractivity contribution in [3.63, 3.8) is 0 Å². The number of rotatable bonds is 7. The fourth-order valence-electron chi connectivity index (χ4n) is 0.675. The minimum absolute atomic E-state index is 0.0198. The quantitative estimate of drug-likeness (QED) is 0.398. The summed E-state index contributed by atoms with van der Waals surface area (Å²) in [5, 5.41) is 2.96. The molecule has 6 nitrogen and oxygen atoms in total. The van der Waals surface area contributed by atoms with Crippen LogP contribution < -0.4 is 5.32 Å². The van der Waals surface area contributed by atoms with Gasteiger partial charge in [-0.2, -0.15) is 0 Å². The molecule has 3 N–H and O–H groups in total. The van der Waals surface area contributed by atoms with E-state index >= 15 is 0 Å². The van der Waals surface area contributed by atoms with E-state index < -0.39 is 7.82 Å². The SMILES string of the molecule is COCCN[C@@H](C)COP(=O)(O)O. The molecule has 0 unspecified atom stereocenters. The third-order valence-corrected chi connectivity index (χ3v) is 1.78. The van der Waals surface area contributed by atoms with Crippen LogP contribution in [0.25, 0.3) is 0 Å². The Balaban J connectivity index is 3.40. The second-order valence-electron chi connectivity index (χ2n) is 2.63. The van der Waals surface area contributed by atoms with Crippen LogP contribution in [0.15, 0.2) is 0 Å². The summed E-state index contributed by atoms with van der Waals surface area (Å²) in [6, 6.07) is -0.109. The van der Waals surface area contributed by atoms with Gasteiger partial charge in [0.1, 0.15) is 0 Å². The third-order valence-electron chi connectivity index (χ3n) is 1.29. The summed E-state index contributed by atoms with van der Waals surface area (Å²) >= 11 is 0. The molecule has 0 aliphatic rings. The van der Waals surface area contributed by atoms with Gasteiger partial charge in [-0.1, -0.05) is 0 Å². The first-order chi connectivity index (χ1) is 5.95. The summed E-state index contributed by atoms with van der Waals surface area (Å²) in [6.07, 6.45) is 0. The fourth-order valence-corrected chi connectivity index (χ4v) is 1.09. The Kier molecular flexibility index (Phi) is 6.49. The number of nitrogens with one attached hydrogen (secondary N) is 1. The lowest BCUT2D eigenvalue weighted by Crippen LogP contribution is -2.32. The van der Waals surface area contributed by atoms with Crippen LogP contribution in [0.5, 0.6) is 0 Å². The lowest BCUT2D eigenvalue weighted by molar-refractivity contribution is 0.168. The molecule has 0 aromatic carbocycles. The molecular formula is C6H16NO5P. The van der Waals surface area contributed by atoms with Gasteiger partial charge in [0.05, 0.1) is 13.2 Å². The van der Waals surface area contributed by atoms with E-state index in [1.54, 1.807) is 14.0 Å². The van der Waals surface area contributed by atoms with Gasteiger partial charge in [0.2, 0.25) is 0 Å². The first-order valence-electron chi connectivity index (χ1n) is 3.88. The zero-order chi connectivity index (χ0) is 10.3. The zero-order valence-corrected chi connectivity index (χ0v) is 8.66. The van der Waals surface area contributed by atoms with E-state index in [1.807, 2.05) is 0 Å². The normalized spacial score (nSPS) is 14.5. The summed E-state index contributed by atoms with van der Waals surface area (Å²) in [5.41, 5.74) is 0. The maximum Gasteiger partial charge on any atom is 0.469 e. The predicted octanol–water partition coefficient (Wildman–Crippen LogP) is -0.280. The Hall–Kier alpha value is 0.0300. The maximum atomic E-state index is 10.3. The van der Waals surface area contributed by atoms with Crippen molar-refractivity contribution in [2.45, 2.75) is 13.0 Å². The Morgan fingerprint density at radius 1 is 1.54 bits per heavy atom. The molecule has 13 heavy (non-hydrogen) atoms. The van der Waals surface area contributed by atoms with E-state index in [1.165, 1.54) is 0 Å². The van der Waals surface area contributed by atoms with Gasteiger partial charge in [0, 0.05) is 19.7 Å². The van der Waals surface area contributed by atoms with Crippen molar-refractivity contribution in [1.82, 2.24) is 5.32 Å². The highest BCUT2D eigenvalue weighted by molar-refractivity contribution is 7.46. The minimum Gasteiger partial charge on any atom is -0.383 e. The monoisotopic (exact) mass is 213 g/mol. The maximum absolute atomic E-state index is 10.3. The van der Waals surface area contributed by atoms with Crippen molar-refractivity contribution < 1.29 is 23.6 Å². The zero-order valence-electron chi connectivity index (χ0n) is 7.77. The van der Waals surface area contributed by atoms with Gasteiger partial charge in [-0.15, -0.1) is 0 Å². The van der Waals surface area contributed by atoms with E-state index in [2.05, 4.69) is 9.84 Å². The molecule has 0 aliphatic carbocycles. The van der Waals surface area contributed by atoms with Crippen LogP contribution in [0.3, 0.4) is 0 Å². The highest BCUT2D eigenvalue weighted by Crippen LogP contribution is 2.35. The molecule has 0 aromatic rings. The third kappa shape index (κ3) is 9.95. The molecule has 0 rings (SSSR count). The summed E-state index contributed by atoms with van der Waals surface area (Å²) < 4.78 is 19.4. The van der Waals surface area contributed by atoms with E-state index in [0.29, 0.717) is 13.2 Å². The van der Waals surface area contributed by atoms with Crippen LogP contribution in [-0.2, 0) is 13.8 Å². The van der Waals surface area contributed by atoms with Crippen molar-refractivity contribution >= 4 is 7.82 Å². The van der Waals surface area contributed by atoms with Gasteiger partial charge < -0.3 is 19.8 Å². The molecule has 0 bridgehead atoms. The average molecular weight is 213 g/mol. The van der Waals surface area contributed by atoms with Gasteiger partial charge >= 0.3 is 7.82 Å². The Bertz CT molecular complexity index is 170. The molecular weight excluding hydrogens is 197 g/mol. The minimum atomic E-state index is -4.33.